The van der Waals surface area contributed by atoms with Crippen molar-refractivity contribution in [3.8, 4) is 0 Å². The maximum atomic E-state index is 13.1. The minimum atomic E-state index is -0.397. The van der Waals surface area contributed by atoms with Crippen molar-refractivity contribution in [1.82, 2.24) is 0 Å². The Morgan fingerprint density at radius 1 is 1.00 bits per heavy atom. The zero-order valence-corrected chi connectivity index (χ0v) is 12.5. The average molecular weight is 312 g/mol. The number of benzene rings is 2. The third kappa shape index (κ3) is 3.95. The number of hydrogen-bond donors (Lipinski definition) is 1. The maximum absolute atomic E-state index is 13.1. The molecule has 0 heterocycles. The van der Waals surface area contributed by atoms with Crippen molar-refractivity contribution in [2.45, 2.75) is 12.8 Å². The van der Waals surface area contributed by atoms with Crippen LogP contribution in [0.1, 0.15) is 11.1 Å². The highest BCUT2D eigenvalue weighted by Gasteiger charge is 2.12. The van der Waals surface area contributed by atoms with Crippen LogP contribution in [0.15, 0.2) is 42.5 Å². The summed E-state index contributed by atoms with van der Waals surface area (Å²) in [5.41, 5.74) is 7.90. The molecule has 1 unspecified atom stereocenters. The maximum Gasteiger partial charge on any atom is 0.141 e. The molecule has 2 aromatic rings. The van der Waals surface area contributed by atoms with E-state index < -0.39 is 5.82 Å². The van der Waals surface area contributed by atoms with Crippen LogP contribution in [0.25, 0.3) is 0 Å². The van der Waals surface area contributed by atoms with Crippen LogP contribution in [-0.4, -0.2) is 6.54 Å². The van der Waals surface area contributed by atoms with Crippen LogP contribution in [-0.2, 0) is 12.8 Å². The molecule has 0 saturated heterocycles. The molecule has 0 spiro atoms. The molecule has 106 valence electrons. The zero-order valence-electron chi connectivity index (χ0n) is 11.0. The summed E-state index contributed by atoms with van der Waals surface area (Å²) in [5, 5.41) is 0.902. The molecule has 2 rings (SSSR count). The molecule has 2 aromatic carbocycles. The van der Waals surface area contributed by atoms with Crippen molar-refractivity contribution in [2.24, 2.45) is 11.7 Å². The van der Waals surface area contributed by atoms with E-state index in [2.05, 4.69) is 0 Å². The second-order valence-electron chi connectivity index (χ2n) is 4.85. The van der Waals surface area contributed by atoms with Gasteiger partial charge in [0, 0.05) is 5.02 Å². The van der Waals surface area contributed by atoms with E-state index >= 15 is 0 Å². The first-order valence-corrected chi connectivity index (χ1v) is 7.23. The Morgan fingerprint density at radius 2 is 1.75 bits per heavy atom. The predicted molar refractivity (Wildman–Crippen MR) is 82.8 cm³/mol. The van der Waals surface area contributed by atoms with Gasteiger partial charge in [-0.25, -0.2) is 4.39 Å². The Morgan fingerprint density at radius 3 is 2.40 bits per heavy atom. The summed E-state index contributed by atoms with van der Waals surface area (Å²) in [6.45, 7) is 0.542. The van der Waals surface area contributed by atoms with E-state index in [0.29, 0.717) is 6.54 Å². The van der Waals surface area contributed by atoms with Gasteiger partial charge in [-0.3, -0.25) is 0 Å². The number of nitrogens with two attached hydrogens (primary N) is 1. The molecule has 0 aliphatic carbocycles. The molecule has 0 aromatic heterocycles. The van der Waals surface area contributed by atoms with Crippen molar-refractivity contribution in [2.75, 3.05) is 6.54 Å². The molecule has 0 amide bonds. The molecule has 0 saturated carbocycles. The van der Waals surface area contributed by atoms with E-state index in [-0.39, 0.29) is 10.9 Å². The molecular weight excluding hydrogens is 296 g/mol. The van der Waals surface area contributed by atoms with Gasteiger partial charge in [-0.05, 0) is 54.6 Å². The van der Waals surface area contributed by atoms with Gasteiger partial charge >= 0.3 is 0 Å². The lowest BCUT2D eigenvalue weighted by atomic mass is 9.92. The normalized spacial score (nSPS) is 12.4. The summed E-state index contributed by atoms with van der Waals surface area (Å²) >= 11 is 12.0. The van der Waals surface area contributed by atoms with Gasteiger partial charge < -0.3 is 5.73 Å². The fourth-order valence-electron chi connectivity index (χ4n) is 2.21. The smallest absolute Gasteiger partial charge is 0.141 e. The molecule has 4 heteroatoms. The molecule has 0 aliphatic heterocycles. The highest BCUT2D eigenvalue weighted by atomic mass is 35.5. The Labute approximate surface area is 128 Å². The van der Waals surface area contributed by atoms with Crippen molar-refractivity contribution in [3.05, 3.63) is 69.5 Å². The van der Waals surface area contributed by atoms with E-state index in [9.17, 15) is 4.39 Å². The topological polar surface area (TPSA) is 26.0 Å². The van der Waals surface area contributed by atoms with Crippen molar-refractivity contribution < 1.29 is 4.39 Å². The Hall–Kier alpha value is -1.09. The molecular formula is C16H16Cl2FN. The second kappa shape index (κ2) is 7.07. The fourth-order valence-corrected chi connectivity index (χ4v) is 2.63. The monoisotopic (exact) mass is 311 g/mol. The first-order chi connectivity index (χ1) is 9.60. The van der Waals surface area contributed by atoms with Crippen LogP contribution in [0.2, 0.25) is 10.0 Å². The Balaban J connectivity index is 2.09. The number of hydrogen-bond acceptors (Lipinski definition) is 1. The molecule has 0 aliphatic rings. The minimum absolute atomic E-state index is 0.149. The lowest BCUT2D eigenvalue weighted by Gasteiger charge is -2.16. The molecule has 0 fully saturated rings. The molecule has 0 radical (unpaired) electrons. The Bertz CT molecular complexity index is 586. The van der Waals surface area contributed by atoms with Crippen LogP contribution in [0.5, 0.6) is 0 Å². The van der Waals surface area contributed by atoms with Gasteiger partial charge in [-0.1, -0.05) is 47.5 Å². The standard InChI is InChI=1S/C16H16Cl2FN/c17-14-4-2-1-3-13(14)8-12(10-20)7-11-5-6-16(19)15(18)9-11/h1-6,9,12H,7-8,10,20H2. The molecule has 2 N–H and O–H groups in total. The van der Waals surface area contributed by atoms with Crippen LogP contribution in [0.3, 0.4) is 0 Å². The van der Waals surface area contributed by atoms with Gasteiger partial charge in [-0.2, -0.15) is 0 Å². The van der Waals surface area contributed by atoms with Crippen LogP contribution >= 0.6 is 23.2 Å². The van der Waals surface area contributed by atoms with Gasteiger partial charge in [0.05, 0.1) is 5.02 Å². The lowest BCUT2D eigenvalue weighted by Crippen LogP contribution is -2.19. The highest BCUT2D eigenvalue weighted by Crippen LogP contribution is 2.22. The summed E-state index contributed by atoms with van der Waals surface area (Å²) in [6.07, 6.45) is 1.55. The lowest BCUT2D eigenvalue weighted by molar-refractivity contribution is 0.532. The quantitative estimate of drug-likeness (QED) is 0.865. The van der Waals surface area contributed by atoms with E-state index in [4.69, 9.17) is 28.9 Å². The molecule has 1 nitrogen and oxygen atoms in total. The average Bonchev–Trinajstić information content (AvgIpc) is 2.44. The molecule has 1 atom stereocenters. The van der Waals surface area contributed by atoms with E-state index in [1.54, 1.807) is 12.1 Å². The van der Waals surface area contributed by atoms with E-state index in [1.807, 2.05) is 24.3 Å². The summed E-state index contributed by atoms with van der Waals surface area (Å²) < 4.78 is 13.1. The van der Waals surface area contributed by atoms with Gasteiger partial charge in [0.25, 0.3) is 0 Å². The summed E-state index contributed by atoms with van der Waals surface area (Å²) in [7, 11) is 0. The predicted octanol–water partition coefficient (Wildman–Crippen LogP) is 4.49. The Kier molecular flexibility index (Phi) is 5.41. The minimum Gasteiger partial charge on any atom is -0.330 e. The zero-order chi connectivity index (χ0) is 14.5. The van der Waals surface area contributed by atoms with Gasteiger partial charge in [-0.15, -0.1) is 0 Å². The van der Waals surface area contributed by atoms with Crippen LogP contribution < -0.4 is 5.73 Å². The summed E-state index contributed by atoms with van der Waals surface area (Å²) in [6, 6.07) is 12.5. The number of halogens is 3. The third-order valence-corrected chi connectivity index (χ3v) is 3.97. The second-order valence-corrected chi connectivity index (χ2v) is 5.66. The molecule has 20 heavy (non-hydrogen) atoms. The van der Waals surface area contributed by atoms with Gasteiger partial charge in [0.1, 0.15) is 5.82 Å². The number of rotatable bonds is 5. The van der Waals surface area contributed by atoms with Gasteiger partial charge in [0.2, 0.25) is 0 Å². The summed E-state index contributed by atoms with van der Waals surface area (Å²) in [4.78, 5) is 0. The van der Waals surface area contributed by atoms with Crippen LogP contribution in [0.4, 0.5) is 4.39 Å². The fraction of sp³-hybridized carbons (Fsp3) is 0.250. The van der Waals surface area contributed by atoms with E-state index in [0.717, 1.165) is 29.0 Å². The largest absolute Gasteiger partial charge is 0.330 e. The van der Waals surface area contributed by atoms with Crippen molar-refractivity contribution >= 4 is 23.2 Å². The van der Waals surface area contributed by atoms with Crippen LogP contribution in [0, 0.1) is 11.7 Å². The first kappa shape index (κ1) is 15.3. The van der Waals surface area contributed by atoms with E-state index in [1.165, 1.54) is 6.07 Å². The molecule has 0 bridgehead atoms. The third-order valence-electron chi connectivity index (χ3n) is 3.31. The highest BCUT2D eigenvalue weighted by molar-refractivity contribution is 6.31. The van der Waals surface area contributed by atoms with Crippen molar-refractivity contribution in [3.63, 3.8) is 0 Å². The SMILES string of the molecule is NCC(Cc1ccc(F)c(Cl)c1)Cc1ccccc1Cl. The summed E-state index contributed by atoms with van der Waals surface area (Å²) in [5.74, 6) is -0.151. The van der Waals surface area contributed by atoms with Gasteiger partial charge in [0.15, 0.2) is 0 Å². The van der Waals surface area contributed by atoms with Crippen molar-refractivity contribution in [1.29, 1.82) is 0 Å². The first-order valence-electron chi connectivity index (χ1n) is 6.47.